The summed E-state index contributed by atoms with van der Waals surface area (Å²) in [4.78, 5) is 32.0. The number of hydrogen-bond donors (Lipinski definition) is 1. The molecule has 29 heavy (non-hydrogen) atoms. The zero-order valence-corrected chi connectivity index (χ0v) is 16.6. The lowest BCUT2D eigenvalue weighted by molar-refractivity contribution is -0.122. The average molecular weight is 394 g/mol. The maximum absolute atomic E-state index is 12.7. The molecule has 0 radical (unpaired) electrons. The molecular weight excluding hydrogens is 368 g/mol. The third kappa shape index (κ3) is 4.24. The van der Waals surface area contributed by atoms with Crippen LogP contribution in [0.1, 0.15) is 36.6 Å². The SMILES string of the molecule is Cc1cccc2c(=O)n(CC(=O)NCC(c3ccco3)N3CCCCC3)cnc12. The second kappa shape index (κ2) is 8.61. The highest BCUT2D eigenvalue weighted by Crippen LogP contribution is 2.24. The van der Waals surface area contributed by atoms with Crippen molar-refractivity contribution in [3.05, 3.63) is 64.6 Å². The number of aromatic nitrogens is 2. The largest absolute Gasteiger partial charge is 0.468 e. The Bertz CT molecular complexity index is 1040. The smallest absolute Gasteiger partial charge is 0.261 e. The quantitative estimate of drug-likeness (QED) is 0.695. The lowest BCUT2D eigenvalue weighted by Gasteiger charge is -2.33. The number of likely N-dealkylation sites (tertiary alicyclic amines) is 1. The molecule has 1 saturated heterocycles. The Morgan fingerprint density at radius 1 is 1.21 bits per heavy atom. The Hall–Kier alpha value is -2.93. The summed E-state index contributed by atoms with van der Waals surface area (Å²) in [7, 11) is 0. The summed E-state index contributed by atoms with van der Waals surface area (Å²) in [6.45, 7) is 4.30. The minimum Gasteiger partial charge on any atom is -0.468 e. The highest BCUT2D eigenvalue weighted by Gasteiger charge is 2.25. The molecule has 0 spiro atoms. The van der Waals surface area contributed by atoms with Gasteiger partial charge in [-0.3, -0.25) is 19.1 Å². The minimum absolute atomic E-state index is 0.00310. The van der Waals surface area contributed by atoms with Crippen LogP contribution < -0.4 is 10.9 Å². The predicted molar refractivity (Wildman–Crippen MR) is 111 cm³/mol. The maximum Gasteiger partial charge on any atom is 0.261 e. The van der Waals surface area contributed by atoms with Crippen LogP contribution in [0.2, 0.25) is 0 Å². The number of benzene rings is 1. The third-order valence-corrected chi connectivity index (χ3v) is 5.56. The molecule has 0 bridgehead atoms. The molecule has 1 fully saturated rings. The Morgan fingerprint density at radius 3 is 2.79 bits per heavy atom. The van der Waals surface area contributed by atoms with Crippen LogP contribution in [0.4, 0.5) is 0 Å². The number of aryl methyl sites for hydroxylation is 1. The molecule has 1 atom stereocenters. The number of para-hydroxylation sites is 1. The number of nitrogens with zero attached hydrogens (tertiary/aromatic N) is 3. The average Bonchev–Trinajstić information content (AvgIpc) is 3.26. The van der Waals surface area contributed by atoms with Gasteiger partial charge >= 0.3 is 0 Å². The van der Waals surface area contributed by atoms with E-state index in [9.17, 15) is 9.59 Å². The van der Waals surface area contributed by atoms with Crippen LogP contribution in [-0.4, -0.2) is 40.0 Å². The fraction of sp³-hybridized carbons (Fsp3) is 0.409. The predicted octanol–water partition coefficient (Wildman–Crippen LogP) is 2.64. The van der Waals surface area contributed by atoms with Crippen molar-refractivity contribution in [2.24, 2.45) is 0 Å². The van der Waals surface area contributed by atoms with E-state index in [4.69, 9.17) is 4.42 Å². The summed E-state index contributed by atoms with van der Waals surface area (Å²) in [5.74, 6) is 0.640. The Morgan fingerprint density at radius 2 is 2.03 bits per heavy atom. The number of fused-ring (bicyclic) bond motifs is 1. The molecule has 2 aromatic heterocycles. The molecule has 1 N–H and O–H groups in total. The van der Waals surface area contributed by atoms with Crippen molar-refractivity contribution in [2.75, 3.05) is 19.6 Å². The number of carbonyl (C=O) groups excluding carboxylic acids is 1. The van der Waals surface area contributed by atoms with Gasteiger partial charge in [-0.2, -0.15) is 0 Å². The summed E-state index contributed by atoms with van der Waals surface area (Å²) in [6, 6.07) is 9.32. The Kier molecular flexibility index (Phi) is 5.76. The second-order valence-corrected chi connectivity index (χ2v) is 7.58. The molecule has 1 unspecified atom stereocenters. The van der Waals surface area contributed by atoms with Crippen LogP contribution in [0.3, 0.4) is 0 Å². The molecular formula is C22H26N4O3. The number of carbonyl (C=O) groups is 1. The summed E-state index contributed by atoms with van der Waals surface area (Å²) in [5.41, 5.74) is 1.42. The van der Waals surface area contributed by atoms with Gasteiger partial charge in [-0.05, 0) is 56.6 Å². The van der Waals surface area contributed by atoms with Gasteiger partial charge in [0.1, 0.15) is 12.3 Å². The summed E-state index contributed by atoms with van der Waals surface area (Å²) in [5, 5.41) is 3.51. The first-order valence-corrected chi connectivity index (χ1v) is 10.1. The lowest BCUT2D eigenvalue weighted by Crippen LogP contribution is -2.41. The molecule has 7 heteroatoms. The number of amides is 1. The summed E-state index contributed by atoms with van der Waals surface area (Å²) in [6.07, 6.45) is 6.67. The zero-order chi connectivity index (χ0) is 20.2. The van der Waals surface area contributed by atoms with Gasteiger partial charge in [0, 0.05) is 6.54 Å². The fourth-order valence-electron chi connectivity index (χ4n) is 3.99. The number of piperidine rings is 1. The van der Waals surface area contributed by atoms with E-state index in [0.717, 1.165) is 37.3 Å². The standard InChI is InChI=1S/C22H26N4O3/c1-16-7-5-8-17-21(16)24-15-26(22(17)28)14-20(27)23-13-18(19-9-6-12-29-19)25-10-3-2-4-11-25/h5-9,12,15,18H,2-4,10-11,13-14H2,1H3,(H,23,27). The molecule has 3 heterocycles. The normalized spacial score (nSPS) is 16.0. The molecule has 1 aliphatic rings. The Balaban J connectivity index is 1.45. The van der Waals surface area contributed by atoms with E-state index in [2.05, 4.69) is 15.2 Å². The van der Waals surface area contributed by atoms with Gasteiger partial charge in [-0.25, -0.2) is 4.98 Å². The van der Waals surface area contributed by atoms with E-state index >= 15 is 0 Å². The van der Waals surface area contributed by atoms with Gasteiger partial charge in [-0.15, -0.1) is 0 Å². The summed E-state index contributed by atoms with van der Waals surface area (Å²) >= 11 is 0. The number of rotatable bonds is 6. The molecule has 1 aromatic carbocycles. The van der Waals surface area contributed by atoms with Crippen molar-refractivity contribution in [3.8, 4) is 0 Å². The molecule has 3 aromatic rings. The van der Waals surface area contributed by atoms with E-state index in [1.165, 1.54) is 17.3 Å². The fourth-order valence-corrected chi connectivity index (χ4v) is 3.99. The van der Waals surface area contributed by atoms with Crippen LogP contribution in [0, 0.1) is 6.92 Å². The van der Waals surface area contributed by atoms with Crippen molar-refractivity contribution < 1.29 is 9.21 Å². The van der Waals surface area contributed by atoms with Crippen LogP contribution >= 0.6 is 0 Å². The van der Waals surface area contributed by atoms with Crippen LogP contribution in [0.5, 0.6) is 0 Å². The van der Waals surface area contributed by atoms with E-state index in [1.807, 2.05) is 31.2 Å². The van der Waals surface area contributed by atoms with Gasteiger partial charge in [0.15, 0.2) is 0 Å². The summed E-state index contributed by atoms with van der Waals surface area (Å²) < 4.78 is 6.98. The van der Waals surface area contributed by atoms with Crippen LogP contribution in [0.15, 0.2) is 52.1 Å². The van der Waals surface area contributed by atoms with E-state index in [0.29, 0.717) is 17.4 Å². The lowest BCUT2D eigenvalue weighted by atomic mass is 10.1. The third-order valence-electron chi connectivity index (χ3n) is 5.56. The molecule has 0 aliphatic carbocycles. The minimum atomic E-state index is -0.213. The number of nitrogens with one attached hydrogen (secondary N) is 1. The van der Waals surface area contributed by atoms with Crippen molar-refractivity contribution in [1.29, 1.82) is 0 Å². The zero-order valence-electron chi connectivity index (χ0n) is 16.6. The topological polar surface area (TPSA) is 80.4 Å². The van der Waals surface area contributed by atoms with Gasteiger partial charge in [-0.1, -0.05) is 18.6 Å². The van der Waals surface area contributed by atoms with Crippen LogP contribution in [0.25, 0.3) is 10.9 Å². The van der Waals surface area contributed by atoms with Gasteiger partial charge in [0.25, 0.3) is 5.56 Å². The van der Waals surface area contributed by atoms with E-state index < -0.39 is 0 Å². The first kappa shape index (κ1) is 19.4. The van der Waals surface area contributed by atoms with E-state index in [1.54, 1.807) is 12.3 Å². The Labute approximate surface area is 169 Å². The van der Waals surface area contributed by atoms with Crippen molar-refractivity contribution in [3.63, 3.8) is 0 Å². The van der Waals surface area contributed by atoms with Crippen molar-refractivity contribution in [1.82, 2.24) is 19.8 Å². The van der Waals surface area contributed by atoms with E-state index in [-0.39, 0.29) is 24.1 Å². The van der Waals surface area contributed by atoms with Gasteiger partial charge in [0.2, 0.25) is 5.91 Å². The molecule has 1 amide bonds. The second-order valence-electron chi connectivity index (χ2n) is 7.58. The first-order chi connectivity index (χ1) is 14.1. The number of furan rings is 1. The molecule has 7 nitrogen and oxygen atoms in total. The van der Waals surface area contributed by atoms with Crippen molar-refractivity contribution in [2.45, 2.75) is 38.8 Å². The molecule has 152 valence electrons. The highest BCUT2D eigenvalue weighted by molar-refractivity contribution is 5.81. The van der Waals surface area contributed by atoms with Crippen molar-refractivity contribution >= 4 is 16.8 Å². The van der Waals surface area contributed by atoms with Gasteiger partial charge < -0.3 is 9.73 Å². The highest BCUT2D eigenvalue weighted by atomic mass is 16.3. The molecule has 0 saturated carbocycles. The van der Waals surface area contributed by atoms with Crippen LogP contribution in [-0.2, 0) is 11.3 Å². The molecule has 4 rings (SSSR count). The molecule has 1 aliphatic heterocycles. The maximum atomic E-state index is 12.7. The monoisotopic (exact) mass is 394 g/mol. The number of hydrogen-bond acceptors (Lipinski definition) is 5. The van der Waals surface area contributed by atoms with Gasteiger partial charge in [0.05, 0.1) is 29.5 Å². The first-order valence-electron chi connectivity index (χ1n) is 10.1.